The first-order valence-corrected chi connectivity index (χ1v) is 10.2. The lowest BCUT2D eigenvalue weighted by atomic mass is 9.45. The van der Waals surface area contributed by atoms with Crippen LogP contribution in [0.15, 0.2) is 24.3 Å². The van der Waals surface area contributed by atoms with E-state index in [1.807, 2.05) is 14.1 Å². The Bertz CT molecular complexity index is 659. The van der Waals surface area contributed by atoms with Gasteiger partial charge in [0.25, 0.3) is 0 Å². The average molecular weight is 392 g/mol. The van der Waals surface area contributed by atoms with Crippen molar-refractivity contribution in [3.05, 3.63) is 35.4 Å². The van der Waals surface area contributed by atoms with Gasteiger partial charge < -0.3 is 15.5 Å². The van der Waals surface area contributed by atoms with Gasteiger partial charge in [-0.2, -0.15) is 0 Å². The smallest absolute Gasteiger partial charge is 0.315 e. The van der Waals surface area contributed by atoms with Gasteiger partial charge >= 0.3 is 6.03 Å². The zero-order valence-electron chi connectivity index (χ0n) is 16.9. The van der Waals surface area contributed by atoms with Gasteiger partial charge in [0.2, 0.25) is 0 Å². The molecule has 0 aliphatic heterocycles. The lowest BCUT2D eigenvalue weighted by Gasteiger charge is -2.62. The third kappa shape index (κ3) is 4.12. The number of hydrogen-bond acceptors (Lipinski definition) is 2. The Morgan fingerprint density at radius 3 is 2.33 bits per heavy atom. The number of likely N-dealkylation sites (N-methyl/N-ethyl adjacent to an activating group) is 1. The predicted molar refractivity (Wildman–Crippen MR) is 113 cm³/mol. The summed E-state index contributed by atoms with van der Waals surface area (Å²) in [5.41, 5.74) is 3.09. The molecule has 150 valence electrons. The fourth-order valence-electron chi connectivity index (χ4n) is 6.33. The van der Waals surface area contributed by atoms with Gasteiger partial charge in [0, 0.05) is 18.6 Å². The molecule has 4 nitrogen and oxygen atoms in total. The number of benzene rings is 1. The molecular weight excluding hydrogens is 358 g/mol. The molecule has 2 amide bonds. The van der Waals surface area contributed by atoms with E-state index in [0.717, 1.165) is 37.6 Å². The fourth-order valence-corrected chi connectivity index (χ4v) is 6.33. The third-order valence-corrected chi connectivity index (χ3v) is 6.95. The molecule has 4 saturated carbocycles. The molecule has 0 saturated heterocycles. The van der Waals surface area contributed by atoms with E-state index in [9.17, 15) is 4.79 Å². The zero-order valence-corrected chi connectivity index (χ0v) is 17.7. The van der Waals surface area contributed by atoms with Crippen molar-refractivity contribution in [3.63, 3.8) is 0 Å². The minimum absolute atomic E-state index is 0. The van der Waals surface area contributed by atoms with Crippen molar-refractivity contribution in [2.75, 3.05) is 27.2 Å². The SMILES string of the molecule is Cc1ccc(C23CC4CC(CC(NC(=O)NCCN(C)C)(C4)C2)C3)cc1.Cl. The Balaban J connectivity index is 0.00000210. The van der Waals surface area contributed by atoms with Gasteiger partial charge in [0.05, 0.1) is 0 Å². The Kier molecular flexibility index (Phi) is 5.79. The first kappa shape index (κ1) is 20.5. The number of hydrogen-bond donors (Lipinski definition) is 2. The summed E-state index contributed by atoms with van der Waals surface area (Å²) >= 11 is 0. The normalized spacial score (nSPS) is 33.6. The number of rotatable bonds is 5. The van der Waals surface area contributed by atoms with Crippen LogP contribution in [-0.4, -0.2) is 43.7 Å². The number of amides is 2. The number of carbonyl (C=O) groups is 1. The molecule has 5 heteroatoms. The maximum absolute atomic E-state index is 12.6. The highest BCUT2D eigenvalue weighted by Gasteiger charge is 2.58. The molecule has 4 fully saturated rings. The van der Waals surface area contributed by atoms with Crippen molar-refractivity contribution in [1.29, 1.82) is 0 Å². The quantitative estimate of drug-likeness (QED) is 0.800. The molecule has 2 unspecified atom stereocenters. The van der Waals surface area contributed by atoms with E-state index in [2.05, 4.69) is 46.7 Å². The molecule has 1 aromatic carbocycles. The summed E-state index contributed by atoms with van der Waals surface area (Å²) in [6.07, 6.45) is 7.41. The average Bonchev–Trinajstić information content (AvgIpc) is 2.53. The number of halogens is 1. The molecule has 2 atom stereocenters. The molecule has 0 spiro atoms. The van der Waals surface area contributed by atoms with Gasteiger partial charge in [0.15, 0.2) is 0 Å². The van der Waals surface area contributed by atoms with Crippen LogP contribution in [0.1, 0.15) is 49.7 Å². The maximum Gasteiger partial charge on any atom is 0.315 e. The second kappa shape index (κ2) is 7.63. The largest absolute Gasteiger partial charge is 0.337 e. The maximum atomic E-state index is 12.6. The summed E-state index contributed by atoms with van der Waals surface area (Å²) in [6, 6.07) is 9.21. The molecule has 27 heavy (non-hydrogen) atoms. The highest BCUT2D eigenvalue weighted by Crippen LogP contribution is 2.62. The van der Waals surface area contributed by atoms with Crippen LogP contribution in [0.4, 0.5) is 4.79 Å². The molecule has 5 rings (SSSR count). The summed E-state index contributed by atoms with van der Waals surface area (Å²) in [5.74, 6) is 1.53. The topological polar surface area (TPSA) is 44.4 Å². The van der Waals surface area contributed by atoms with Gasteiger partial charge in [-0.3, -0.25) is 0 Å². The Morgan fingerprint density at radius 2 is 1.74 bits per heavy atom. The highest BCUT2D eigenvalue weighted by molar-refractivity contribution is 5.85. The molecule has 0 aromatic heterocycles. The Morgan fingerprint density at radius 1 is 1.11 bits per heavy atom. The van der Waals surface area contributed by atoms with Gasteiger partial charge in [-0.1, -0.05) is 29.8 Å². The van der Waals surface area contributed by atoms with Gasteiger partial charge in [-0.25, -0.2) is 4.79 Å². The molecule has 0 radical (unpaired) electrons. The molecule has 0 heterocycles. The van der Waals surface area contributed by atoms with E-state index in [0.29, 0.717) is 6.54 Å². The summed E-state index contributed by atoms with van der Waals surface area (Å²) in [5, 5.41) is 6.49. The minimum Gasteiger partial charge on any atom is -0.337 e. The standard InChI is InChI=1S/C22H33N3O.ClH/c1-16-4-6-19(7-5-16)21-11-17-10-18(12-21)14-22(13-17,15-21)24-20(26)23-8-9-25(2)3;/h4-7,17-18H,8-15H2,1-3H3,(H2,23,24,26);1H. The number of urea groups is 1. The Labute approximate surface area is 169 Å². The lowest BCUT2D eigenvalue weighted by Crippen LogP contribution is -2.65. The van der Waals surface area contributed by atoms with Crippen LogP contribution in [0.25, 0.3) is 0 Å². The predicted octanol–water partition coefficient (Wildman–Crippen LogP) is 3.87. The van der Waals surface area contributed by atoms with E-state index in [1.54, 1.807) is 0 Å². The van der Waals surface area contributed by atoms with Crippen LogP contribution >= 0.6 is 12.4 Å². The van der Waals surface area contributed by atoms with Crippen molar-refractivity contribution < 1.29 is 4.79 Å². The molecule has 4 aliphatic carbocycles. The van der Waals surface area contributed by atoms with Crippen molar-refractivity contribution in [3.8, 4) is 0 Å². The van der Waals surface area contributed by atoms with E-state index in [1.165, 1.54) is 30.4 Å². The van der Waals surface area contributed by atoms with Gasteiger partial charge in [-0.15, -0.1) is 12.4 Å². The fraction of sp³-hybridized carbons (Fsp3) is 0.682. The second-order valence-electron chi connectivity index (χ2n) is 9.57. The first-order chi connectivity index (χ1) is 12.4. The van der Waals surface area contributed by atoms with E-state index in [4.69, 9.17) is 0 Å². The summed E-state index contributed by atoms with van der Waals surface area (Å²) < 4.78 is 0. The molecule has 4 bridgehead atoms. The minimum atomic E-state index is -0.00281. The van der Waals surface area contributed by atoms with E-state index in [-0.39, 0.29) is 29.4 Å². The van der Waals surface area contributed by atoms with Crippen LogP contribution < -0.4 is 10.6 Å². The number of nitrogens with one attached hydrogen (secondary N) is 2. The number of aryl methyl sites for hydroxylation is 1. The molecule has 1 aromatic rings. The molecule has 2 N–H and O–H groups in total. The van der Waals surface area contributed by atoms with Crippen LogP contribution in [-0.2, 0) is 5.41 Å². The molecule has 4 aliphatic rings. The summed E-state index contributed by atoms with van der Waals surface area (Å²) in [6.45, 7) is 3.73. The van der Waals surface area contributed by atoms with Gasteiger partial charge in [0.1, 0.15) is 0 Å². The van der Waals surface area contributed by atoms with Crippen LogP contribution in [0.2, 0.25) is 0 Å². The summed E-state index contributed by atoms with van der Waals surface area (Å²) in [4.78, 5) is 14.6. The third-order valence-electron chi connectivity index (χ3n) is 6.95. The van der Waals surface area contributed by atoms with Crippen molar-refractivity contribution in [2.24, 2.45) is 11.8 Å². The van der Waals surface area contributed by atoms with E-state index < -0.39 is 0 Å². The van der Waals surface area contributed by atoms with Crippen LogP contribution in [0.3, 0.4) is 0 Å². The zero-order chi connectivity index (χ0) is 18.4. The van der Waals surface area contributed by atoms with Gasteiger partial charge in [-0.05, 0) is 82.4 Å². The molecular formula is C22H34ClN3O. The summed E-state index contributed by atoms with van der Waals surface area (Å²) in [7, 11) is 4.06. The highest BCUT2D eigenvalue weighted by atomic mass is 35.5. The van der Waals surface area contributed by atoms with Crippen molar-refractivity contribution >= 4 is 18.4 Å². The van der Waals surface area contributed by atoms with Crippen LogP contribution in [0, 0.1) is 18.8 Å². The van der Waals surface area contributed by atoms with Crippen LogP contribution in [0.5, 0.6) is 0 Å². The number of nitrogens with zero attached hydrogens (tertiary/aromatic N) is 1. The number of carbonyl (C=O) groups excluding carboxylic acids is 1. The van der Waals surface area contributed by atoms with Crippen molar-refractivity contribution in [2.45, 2.75) is 56.4 Å². The monoisotopic (exact) mass is 391 g/mol. The Hall–Kier alpha value is -1.26. The van der Waals surface area contributed by atoms with Crippen molar-refractivity contribution in [1.82, 2.24) is 15.5 Å². The second-order valence-corrected chi connectivity index (χ2v) is 9.57. The lowest BCUT2D eigenvalue weighted by molar-refractivity contribution is -0.0350. The first-order valence-electron chi connectivity index (χ1n) is 10.2. The van der Waals surface area contributed by atoms with E-state index >= 15 is 0 Å².